The summed E-state index contributed by atoms with van der Waals surface area (Å²) in [6, 6.07) is 0. The SMILES string of the molecule is O=C(CCCN1CCCCCC1)N1C[C@@H]2COCC[C@]2(C(=O)O)C1. The molecule has 0 spiro atoms. The van der Waals surface area contributed by atoms with Crippen LogP contribution in [0.3, 0.4) is 0 Å². The molecule has 3 rings (SSSR count). The summed E-state index contributed by atoms with van der Waals surface area (Å²) < 4.78 is 5.45. The van der Waals surface area contributed by atoms with Gasteiger partial charge in [0, 0.05) is 32.0 Å². The van der Waals surface area contributed by atoms with E-state index in [2.05, 4.69) is 4.90 Å². The zero-order chi connectivity index (χ0) is 17.0. The highest BCUT2D eigenvalue weighted by Gasteiger charge is 2.54. The van der Waals surface area contributed by atoms with Crippen molar-refractivity contribution in [1.82, 2.24) is 9.80 Å². The fourth-order valence-corrected chi connectivity index (χ4v) is 4.46. The second kappa shape index (κ2) is 7.83. The average molecular weight is 338 g/mol. The lowest BCUT2D eigenvalue weighted by molar-refractivity contribution is -0.157. The Bertz CT molecular complexity index is 462. The minimum Gasteiger partial charge on any atom is -0.481 e. The van der Waals surface area contributed by atoms with Crippen LogP contribution in [0.25, 0.3) is 0 Å². The fourth-order valence-electron chi connectivity index (χ4n) is 4.46. The van der Waals surface area contributed by atoms with E-state index < -0.39 is 11.4 Å². The number of amides is 1. The number of nitrogens with zero attached hydrogens (tertiary/aromatic N) is 2. The number of fused-ring (bicyclic) bond motifs is 1. The Kier molecular flexibility index (Phi) is 5.76. The van der Waals surface area contributed by atoms with E-state index in [0.717, 1.165) is 26.1 Å². The van der Waals surface area contributed by atoms with Gasteiger partial charge in [-0.3, -0.25) is 9.59 Å². The summed E-state index contributed by atoms with van der Waals surface area (Å²) in [5, 5.41) is 9.67. The molecular weight excluding hydrogens is 308 g/mol. The maximum atomic E-state index is 12.5. The van der Waals surface area contributed by atoms with Gasteiger partial charge in [0.1, 0.15) is 0 Å². The molecule has 0 aliphatic carbocycles. The van der Waals surface area contributed by atoms with Gasteiger partial charge in [0.15, 0.2) is 0 Å². The maximum absolute atomic E-state index is 12.5. The highest BCUT2D eigenvalue weighted by molar-refractivity contribution is 5.81. The highest BCUT2D eigenvalue weighted by atomic mass is 16.5. The summed E-state index contributed by atoms with van der Waals surface area (Å²) in [7, 11) is 0. The van der Waals surface area contributed by atoms with Gasteiger partial charge in [-0.05, 0) is 45.3 Å². The Morgan fingerprint density at radius 2 is 1.92 bits per heavy atom. The van der Waals surface area contributed by atoms with E-state index in [1.165, 1.54) is 25.7 Å². The zero-order valence-corrected chi connectivity index (χ0v) is 14.5. The van der Waals surface area contributed by atoms with Crippen molar-refractivity contribution >= 4 is 11.9 Å². The van der Waals surface area contributed by atoms with Crippen molar-refractivity contribution in [3.05, 3.63) is 0 Å². The van der Waals surface area contributed by atoms with Crippen molar-refractivity contribution in [2.75, 3.05) is 45.9 Å². The van der Waals surface area contributed by atoms with Crippen LogP contribution in [0.15, 0.2) is 0 Å². The fraction of sp³-hybridized carbons (Fsp3) is 0.889. The third-order valence-electron chi connectivity index (χ3n) is 6.05. The van der Waals surface area contributed by atoms with Crippen LogP contribution in [-0.2, 0) is 14.3 Å². The molecule has 3 aliphatic rings. The Labute approximate surface area is 144 Å². The molecule has 6 nitrogen and oxygen atoms in total. The van der Waals surface area contributed by atoms with Crippen molar-refractivity contribution in [3.63, 3.8) is 0 Å². The van der Waals surface area contributed by atoms with Crippen molar-refractivity contribution in [2.24, 2.45) is 11.3 Å². The molecule has 3 heterocycles. The van der Waals surface area contributed by atoms with Gasteiger partial charge in [0.25, 0.3) is 0 Å². The van der Waals surface area contributed by atoms with Crippen LogP contribution in [0.2, 0.25) is 0 Å². The first-order valence-corrected chi connectivity index (χ1v) is 9.43. The first-order chi connectivity index (χ1) is 11.6. The minimum absolute atomic E-state index is 0.0571. The summed E-state index contributed by atoms with van der Waals surface area (Å²) in [6.45, 7) is 5.13. The molecule has 1 amide bonds. The standard InChI is InChI=1S/C18H30N2O4/c21-16(6-5-10-19-8-3-1-2-4-9-19)20-12-15-13-24-11-7-18(15,14-20)17(22)23/h15H,1-14H2,(H,22,23)/t15-,18+/m1/s1. The van der Waals surface area contributed by atoms with Gasteiger partial charge in [-0.25, -0.2) is 0 Å². The van der Waals surface area contributed by atoms with E-state index >= 15 is 0 Å². The first-order valence-electron chi connectivity index (χ1n) is 9.43. The molecule has 136 valence electrons. The van der Waals surface area contributed by atoms with E-state index in [9.17, 15) is 14.7 Å². The van der Waals surface area contributed by atoms with Gasteiger partial charge in [0.05, 0.1) is 12.0 Å². The average Bonchev–Trinajstić information content (AvgIpc) is 2.80. The summed E-state index contributed by atoms with van der Waals surface area (Å²) in [5.41, 5.74) is -0.779. The molecule has 6 heteroatoms. The lowest BCUT2D eigenvalue weighted by atomic mass is 9.74. The van der Waals surface area contributed by atoms with Gasteiger partial charge < -0.3 is 19.6 Å². The lowest BCUT2D eigenvalue weighted by Crippen LogP contribution is -2.45. The number of carboxylic acid groups (broad SMARTS) is 1. The van der Waals surface area contributed by atoms with Crippen LogP contribution in [0, 0.1) is 11.3 Å². The number of carbonyl (C=O) groups excluding carboxylic acids is 1. The summed E-state index contributed by atoms with van der Waals surface area (Å²) in [5.74, 6) is -0.714. The minimum atomic E-state index is -0.779. The van der Waals surface area contributed by atoms with Crippen LogP contribution in [0.4, 0.5) is 0 Å². The molecule has 3 saturated heterocycles. The van der Waals surface area contributed by atoms with Gasteiger partial charge in [-0.2, -0.15) is 0 Å². The topological polar surface area (TPSA) is 70.1 Å². The van der Waals surface area contributed by atoms with Gasteiger partial charge in [-0.15, -0.1) is 0 Å². The van der Waals surface area contributed by atoms with Crippen LogP contribution in [0.1, 0.15) is 44.9 Å². The van der Waals surface area contributed by atoms with E-state index in [4.69, 9.17) is 4.74 Å². The zero-order valence-electron chi connectivity index (χ0n) is 14.5. The number of likely N-dealkylation sites (tertiary alicyclic amines) is 2. The molecular formula is C18H30N2O4. The number of carbonyl (C=O) groups is 2. The van der Waals surface area contributed by atoms with E-state index in [0.29, 0.717) is 39.1 Å². The number of hydrogen-bond acceptors (Lipinski definition) is 4. The third-order valence-corrected chi connectivity index (χ3v) is 6.05. The predicted octanol–water partition coefficient (Wildman–Crippen LogP) is 1.59. The third kappa shape index (κ3) is 3.75. The number of rotatable bonds is 5. The normalized spacial score (nSPS) is 31.5. The molecule has 2 atom stereocenters. The molecule has 0 radical (unpaired) electrons. The number of ether oxygens (including phenoxy) is 1. The van der Waals surface area contributed by atoms with Crippen molar-refractivity contribution in [2.45, 2.75) is 44.9 Å². The highest BCUT2D eigenvalue weighted by Crippen LogP contribution is 2.42. The Balaban J connectivity index is 1.48. The van der Waals surface area contributed by atoms with E-state index in [-0.39, 0.29) is 11.8 Å². The first kappa shape index (κ1) is 17.7. The second-order valence-corrected chi connectivity index (χ2v) is 7.62. The molecule has 0 unspecified atom stereocenters. The Morgan fingerprint density at radius 3 is 2.58 bits per heavy atom. The summed E-state index contributed by atoms with van der Waals surface area (Å²) in [6.07, 6.45) is 7.10. The molecule has 0 saturated carbocycles. The smallest absolute Gasteiger partial charge is 0.311 e. The van der Waals surface area contributed by atoms with Crippen LogP contribution in [-0.4, -0.2) is 72.7 Å². The summed E-state index contributed by atoms with van der Waals surface area (Å²) >= 11 is 0. The number of aliphatic carboxylic acids is 1. The molecule has 0 aromatic rings. The van der Waals surface area contributed by atoms with Crippen LogP contribution < -0.4 is 0 Å². The van der Waals surface area contributed by atoms with Gasteiger partial charge >= 0.3 is 5.97 Å². The van der Waals surface area contributed by atoms with Gasteiger partial charge in [0.2, 0.25) is 5.91 Å². The molecule has 0 aromatic heterocycles. The van der Waals surface area contributed by atoms with Crippen molar-refractivity contribution in [1.29, 1.82) is 0 Å². The molecule has 0 aromatic carbocycles. The van der Waals surface area contributed by atoms with Crippen LogP contribution in [0.5, 0.6) is 0 Å². The number of hydrogen-bond donors (Lipinski definition) is 1. The Hall–Kier alpha value is -1.14. The van der Waals surface area contributed by atoms with Gasteiger partial charge in [-0.1, -0.05) is 12.8 Å². The van der Waals surface area contributed by atoms with E-state index in [1.807, 2.05) is 0 Å². The molecule has 3 fully saturated rings. The molecule has 1 N–H and O–H groups in total. The van der Waals surface area contributed by atoms with Crippen LogP contribution >= 0.6 is 0 Å². The lowest BCUT2D eigenvalue weighted by Gasteiger charge is -2.33. The predicted molar refractivity (Wildman–Crippen MR) is 89.7 cm³/mol. The molecule has 24 heavy (non-hydrogen) atoms. The Morgan fingerprint density at radius 1 is 1.17 bits per heavy atom. The van der Waals surface area contributed by atoms with Crippen molar-refractivity contribution in [3.8, 4) is 0 Å². The second-order valence-electron chi connectivity index (χ2n) is 7.62. The number of carboxylic acids is 1. The largest absolute Gasteiger partial charge is 0.481 e. The summed E-state index contributed by atoms with van der Waals surface area (Å²) in [4.78, 5) is 28.6. The van der Waals surface area contributed by atoms with E-state index in [1.54, 1.807) is 4.90 Å². The molecule has 3 aliphatic heterocycles. The quantitative estimate of drug-likeness (QED) is 0.824. The van der Waals surface area contributed by atoms with Crippen molar-refractivity contribution < 1.29 is 19.4 Å². The molecule has 0 bridgehead atoms. The monoisotopic (exact) mass is 338 g/mol. The maximum Gasteiger partial charge on any atom is 0.311 e.